The first-order chi connectivity index (χ1) is 9.58. The third-order valence-electron chi connectivity index (χ3n) is 2.50. The van der Waals surface area contributed by atoms with Gasteiger partial charge in [0.05, 0.1) is 17.0 Å². The number of aromatic carboxylic acids is 1. The third-order valence-corrected chi connectivity index (χ3v) is 2.50. The number of nitrogens with zero attached hydrogens (tertiary/aromatic N) is 4. The van der Waals surface area contributed by atoms with Crippen molar-refractivity contribution in [3.63, 3.8) is 0 Å². The van der Waals surface area contributed by atoms with Gasteiger partial charge in [0, 0.05) is 31.2 Å². The summed E-state index contributed by atoms with van der Waals surface area (Å²) in [6, 6.07) is 2.74. The maximum Gasteiger partial charge on any atom is 0.337 e. The fourth-order valence-electron chi connectivity index (χ4n) is 1.57. The van der Waals surface area contributed by atoms with Crippen LogP contribution in [0, 0.1) is 10.1 Å². The lowest BCUT2D eigenvalue weighted by atomic mass is 10.2. The van der Waals surface area contributed by atoms with E-state index in [1.165, 1.54) is 0 Å². The second-order valence-electron chi connectivity index (χ2n) is 3.85. The number of carboxylic acid groups (broad SMARTS) is 1. The maximum atomic E-state index is 10.9. The van der Waals surface area contributed by atoms with E-state index in [0.29, 0.717) is 13.1 Å². The fraction of sp³-hybridized carbons (Fsp3) is 0.182. The van der Waals surface area contributed by atoms with Crippen LogP contribution in [-0.2, 0) is 6.54 Å². The molecule has 0 saturated heterocycles. The summed E-state index contributed by atoms with van der Waals surface area (Å²) in [5.74, 6) is -1.23. The minimum absolute atomic E-state index is 0.0344. The highest BCUT2D eigenvalue weighted by Crippen LogP contribution is 2.22. The number of hydrogen-bond donors (Lipinski definition) is 2. The van der Waals surface area contributed by atoms with Crippen LogP contribution in [0.4, 0.5) is 11.5 Å². The molecule has 0 aliphatic carbocycles. The van der Waals surface area contributed by atoms with E-state index in [9.17, 15) is 14.9 Å². The van der Waals surface area contributed by atoms with Gasteiger partial charge in [0.1, 0.15) is 0 Å². The van der Waals surface area contributed by atoms with Crippen molar-refractivity contribution in [3.05, 3.63) is 46.4 Å². The number of pyridine rings is 1. The second kappa shape index (κ2) is 5.78. The van der Waals surface area contributed by atoms with Crippen molar-refractivity contribution < 1.29 is 14.8 Å². The molecule has 0 atom stereocenters. The molecule has 0 bridgehead atoms. The average molecular weight is 277 g/mol. The Morgan fingerprint density at radius 3 is 2.95 bits per heavy atom. The predicted octanol–water partition coefficient (Wildman–Crippen LogP) is 0.997. The minimum Gasteiger partial charge on any atom is -0.478 e. The van der Waals surface area contributed by atoms with E-state index in [2.05, 4.69) is 15.4 Å². The van der Waals surface area contributed by atoms with Crippen LogP contribution in [0.2, 0.25) is 0 Å². The number of anilines is 1. The topological polar surface area (TPSA) is 123 Å². The SMILES string of the molecule is O=C(O)c1cnc(NCCn2cccn2)c([N+](=O)[O-])c1. The van der Waals surface area contributed by atoms with E-state index in [4.69, 9.17) is 5.11 Å². The van der Waals surface area contributed by atoms with Gasteiger partial charge in [-0.1, -0.05) is 0 Å². The molecule has 0 amide bonds. The summed E-state index contributed by atoms with van der Waals surface area (Å²) in [4.78, 5) is 24.8. The van der Waals surface area contributed by atoms with E-state index < -0.39 is 10.9 Å². The molecule has 20 heavy (non-hydrogen) atoms. The molecule has 104 valence electrons. The van der Waals surface area contributed by atoms with Crippen molar-refractivity contribution >= 4 is 17.5 Å². The predicted molar refractivity (Wildman–Crippen MR) is 68.6 cm³/mol. The van der Waals surface area contributed by atoms with Crippen molar-refractivity contribution in [2.24, 2.45) is 0 Å². The molecule has 0 radical (unpaired) electrons. The lowest BCUT2D eigenvalue weighted by Crippen LogP contribution is -2.13. The summed E-state index contributed by atoms with van der Waals surface area (Å²) in [6.07, 6.45) is 4.46. The monoisotopic (exact) mass is 277 g/mol. The first kappa shape index (κ1) is 13.5. The first-order valence-electron chi connectivity index (χ1n) is 5.67. The number of carbonyl (C=O) groups is 1. The van der Waals surface area contributed by atoms with E-state index in [1.807, 2.05) is 0 Å². The number of rotatable bonds is 6. The van der Waals surface area contributed by atoms with E-state index >= 15 is 0 Å². The summed E-state index contributed by atoms with van der Waals surface area (Å²) in [6.45, 7) is 0.883. The standard InChI is InChI=1S/C11H11N5O4/c17-11(18)8-6-9(16(19)20)10(13-7-8)12-3-5-15-4-1-2-14-15/h1-2,4,6-7H,3,5H2,(H,12,13)(H,17,18). The molecule has 2 rings (SSSR count). The van der Waals surface area contributed by atoms with Crippen LogP contribution in [0.3, 0.4) is 0 Å². The Balaban J connectivity index is 2.10. The highest BCUT2D eigenvalue weighted by molar-refractivity contribution is 5.88. The van der Waals surface area contributed by atoms with Gasteiger partial charge in [-0.15, -0.1) is 0 Å². The molecule has 9 nitrogen and oxygen atoms in total. The van der Waals surface area contributed by atoms with Crippen LogP contribution in [0.15, 0.2) is 30.7 Å². The van der Waals surface area contributed by atoms with Crippen LogP contribution < -0.4 is 5.32 Å². The largest absolute Gasteiger partial charge is 0.478 e. The van der Waals surface area contributed by atoms with Crippen molar-refractivity contribution in [2.75, 3.05) is 11.9 Å². The molecule has 2 heterocycles. The van der Waals surface area contributed by atoms with Gasteiger partial charge in [0.2, 0.25) is 5.82 Å². The summed E-state index contributed by atoms with van der Waals surface area (Å²) < 4.78 is 1.66. The van der Waals surface area contributed by atoms with Crippen LogP contribution in [0.5, 0.6) is 0 Å². The second-order valence-corrected chi connectivity index (χ2v) is 3.85. The summed E-state index contributed by atoms with van der Waals surface area (Å²) in [5.41, 5.74) is -0.598. The number of nitro groups is 1. The van der Waals surface area contributed by atoms with Gasteiger partial charge >= 0.3 is 11.7 Å². The van der Waals surface area contributed by atoms with Crippen LogP contribution in [-0.4, -0.2) is 37.3 Å². The highest BCUT2D eigenvalue weighted by atomic mass is 16.6. The van der Waals surface area contributed by atoms with E-state index in [0.717, 1.165) is 12.3 Å². The van der Waals surface area contributed by atoms with Crippen molar-refractivity contribution in [2.45, 2.75) is 6.54 Å². The molecule has 2 aromatic rings. The Hall–Kier alpha value is -2.97. The van der Waals surface area contributed by atoms with Crippen molar-refractivity contribution in [1.29, 1.82) is 0 Å². The normalized spacial score (nSPS) is 10.2. The molecule has 0 saturated carbocycles. The summed E-state index contributed by atoms with van der Waals surface area (Å²) >= 11 is 0. The molecular formula is C11H11N5O4. The number of nitrogens with one attached hydrogen (secondary N) is 1. The zero-order chi connectivity index (χ0) is 14.5. The zero-order valence-corrected chi connectivity index (χ0v) is 10.3. The minimum atomic E-state index is -1.26. The fourth-order valence-corrected chi connectivity index (χ4v) is 1.57. The summed E-state index contributed by atoms with van der Waals surface area (Å²) in [5, 5.41) is 26.5. The molecule has 0 unspecified atom stereocenters. The van der Waals surface area contributed by atoms with Gasteiger partial charge in [-0.25, -0.2) is 9.78 Å². The molecule has 0 aliphatic heterocycles. The smallest absolute Gasteiger partial charge is 0.337 e. The molecule has 9 heteroatoms. The van der Waals surface area contributed by atoms with Gasteiger partial charge < -0.3 is 10.4 Å². The Kier molecular flexibility index (Phi) is 3.89. The van der Waals surface area contributed by atoms with Gasteiger partial charge in [0.25, 0.3) is 0 Å². The van der Waals surface area contributed by atoms with Crippen LogP contribution in [0.25, 0.3) is 0 Å². The van der Waals surface area contributed by atoms with Crippen molar-refractivity contribution in [1.82, 2.24) is 14.8 Å². The number of hydrogen-bond acceptors (Lipinski definition) is 6. The van der Waals surface area contributed by atoms with Gasteiger partial charge in [0.15, 0.2) is 0 Å². The molecule has 2 aromatic heterocycles. The highest BCUT2D eigenvalue weighted by Gasteiger charge is 2.18. The van der Waals surface area contributed by atoms with Crippen molar-refractivity contribution in [3.8, 4) is 0 Å². The average Bonchev–Trinajstić information content (AvgIpc) is 2.91. The van der Waals surface area contributed by atoms with E-state index in [1.54, 1.807) is 23.1 Å². The number of aromatic nitrogens is 3. The summed E-state index contributed by atoms with van der Waals surface area (Å²) in [7, 11) is 0. The van der Waals surface area contributed by atoms with Gasteiger partial charge in [-0.3, -0.25) is 14.8 Å². The third kappa shape index (κ3) is 3.07. The first-order valence-corrected chi connectivity index (χ1v) is 5.67. The Bertz CT molecular complexity index is 626. The Morgan fingerprint density at radius 2 is 2.35 bits per heavy atom. The molecule has 0 aliphatic rings. The molecule has 0 aromatic carbocycles. The van der Waals surface area contributed by atoms with Gasteiger partial charge in [-0.2, -0.15) is 5.10 Å². The molecular weight excluding hydrogens is 266 g/mol. The lowest BCUT2D eigenvalue weighted by Gasteiger charge is -2.06. The number of carboxylic acids is 1. The lowest BCUT2D eigenvalue weighted by molar-refractivity contribution is -0.384. The maximum absolute atomic E-state index is 10.9. The molecule has 0 spiro atoms. The van der Waals surface area contributed by atoms with E-state index in [-0.39, 0.29) is 17.1 Å². The Labute approximate surface area is 113 Å². The molecule has 0 fully saturated rings. The molecule has 2 N–H and O–H groups in total. The quantitative estimate of drug-likeness (QED) is 0.596. The van der Waals surface area contributed by atoms with Crippen LogP contribution >= 0.6 is 0 Å². The Morgan fingerprint density at radius 1 is 1.55 bits per heavy atom. The van der Waals surface area contributed by atoms with Crippen LogP contribution in [0.1, 0.15) is 10.4 Å². The van der Waals surface area contributed by atoms with Gasteiger partial charge in [-0.05, 0) is 6.07 Å². The zero-order valence-electron chi connectivity index (χ0n) is 10.3.